The van der Waals surface area contributed by atoms with Gasteiger partial charge in [-0.3, -0.25) is 0 Å². The molecule has 0 saturated heterocycles. The number of hydrogen-bond acceptors (Lipinski definition) is 1. The van der Waals surface area contributed by atoms with Crippen LogP contribution in [0.2, 0.25) is 0 Å². The summed E-state index contributed by atoms with van der Waals surface area (Å²) in [6, 6.07) is 0.365. The molecule has 0 aliphatic heterocycles. The van der Waals surface area contributed by atoms with Gasteiger partial charge in [0.1, 0.15) is 0 Å². The van der Waals surface area contributed by atoms with Crippen LogP contribution in [0, 0.1) is 5.41 Å². The van der Waals surface area contributed by atoms with Crippen LogP contribution < -0.4 is 5.73 Å². The van der Waals surface area contributed by atoms with Gasteiger partial charge in [-0.1, -0.05) is 130 Å². The van der Waals surface area contributed by atoms with E-state index < -0.39 is 0 Å². The molecule has 0 aromatic heterocycles. The molecular formula is C23H49N. The molecule has 0 radical (unpaired) electrons. The maximum atomic E-state index is 6.21. The van der Waals surface area contributed by atoms with E-state index in [1.807, 2.05) is 0 Å². The molecule has 0 rings (SSSR count). The highest BCUT2D eigenvalue weighted by Gasteiger charge is 2.19. The van der Waals surface area contributed by atoms with Crippen LogP contribution >= 0.6 is 0 Å². The molecule has 0 bridgehead atoms. The van der Waals surface area contributed by atoms with Crippen LogP contribution in [0.5, 0.6) is 0 Å². The van der Waals surface area contributed by atoms with Crippen molar-refractivity contribution in [3.63, 3.8) is 0 Å². The van der Waals surface area contributed by atoms with Gasteiger partial charge in [0, 0.05) is 6.04 Å². The van der Waals surface area contributed by atoms with Crippen LogP contribution in [0.25, 0.3) is 0 Å². The Bertz CT molecular complexity index is 241. The number of rotatable bonds is 17. The lowest BCUT2D eigenvalue weighted by molar-refractivity contribution is 0.298. The Hall–Kier alpha value is -0.0400. The molecule has 0 heterocycles. The zero-order chi connectivity index (χ0) is 18.1. The maximum Gasteiger partial charge on any atom is 0.00876 e. The lowest BCUT2D eigenvalue weighted by Gasteiger charge is -2.26. The second-order valence-electron chi connectivity index (χ2n) is 9.06. The molecule has 146 valence electrons. The summed E-state index contributed by atoms with van der Waals surface area (Å²) < 4.78 is 0. The predicted octanol–water partition coefficient (Wildman–Crippen LogP) is 8.01. The average Bonchev–Trinajstić information content (AvgIpc) is 2.53. The Morgan fingerprint density at radius 1 is 0.542 bits per heavy atom. The van der Waals surface area contributed by atoms with Crippen molar-refractivity contribution in [2.45, 2.75) is 143 Å². The summed E-state index contributed by atoms with van der Waals surface area (Å²) >= 11 is 0. The third-order valence-corrected chi connectivity index (χ3v) is 5.48. The summed E-state index contributed by atoms with van der Waals surface area (Å²) in [4.78, 5) is 0. The van der Waals surface area contributed by atoms with E-state index in [1.165, 1.54) is 109 Å². The summed E-state index contributed by atoms with van der Waals surface area (Å²) in [7, 11) is 0. The van der Waals surface area contributed by atoms with Crippen LogP contribution in [-0.4, -0.2) is 6.04 Å². The Morgan fingerprint density at radius 3 is 1.12 bits per heavy atom. The van der Waals surface area contributed by atoms with E-state index in [4.69, 9.17) is 5.73 Å². The van der Waals surface area contributed by atoms with Gasteiger partial charge in [0.15, 0.2) is 0 Å². The highest BCUT2D eigenvalue weighted by Crippen LogP contribution is 2.22. The Morgan fingerprint density at radius 2 is 0.833 bits per heavy atom. The first-order chi connectivity index (χ1) is 11.5. The van der Waals surface area contributed by atoms with Crippen molar-refractivity contribution in [3.8, 4) is 0 Å². The van der Waals surface area contributed by atoms with Crippen LogP contribution in [0.1, 0.15) is 137 Å². The van der Waals surface area contributed by atoms with E-state index in [0.29, 0.717) is 6.04 Å². The first kappa shape index (κ1) is 24.0. The molecule has 0 aliphatic rings. The molecule has 0 aromatic rings. The highest BCUT2D eigenvalue weighted by atomic mass is 14.7. The predicted molar refractivity (Wildman–Crippen MR) is 112 cm³/mol. The molecule has 1 atom stereocenters. The minimum Gasteiger partial charge on any atom is -0.327 e. The molecule has 0 aliphatic carbocycles. The first-order valence-corrected chi connectivity index (χ1v) is 11.2. The normalized spacial score (nSPS) is 13.4. The van der Waals surface area contributed by atoms with Gasteiger partial charge in [-0.2, -0.15) is 0 Å². The highest BCUT2D eigenvalue weighted by molar-refractivity contribution is 4.76. The van der Waals surface area contributed by atoms with Gasteiger partial charge in [-0.15, -0.1) is 0 Å². The Kier molecular flexibility index (Phi) is 16.4. The second-order valence-corrected chi connectivity index (χ2v) is 9.06. The average molecular weight is 340 g/mol. The van der Waals surface area contributed by atoms with E-state index >= 15 is 0 Å². The van der Waals surface area contributed by atoms with Gasteiger partial charge in [-0.05, 0) is 11.8 Å². The third kappa shape index (κ3) is 16.8. The van der Waals surface area contributed by atoms with E-state index in [9.17, 15) is 0 Å². The fourth-order valence-electron chi connectivity index (χ4n) is 3.35. The van der Waals surface area contributed by atoms with Gasteiger partial charge >= 0.3 is 0 Å². The van der Waals surface area contributed by atoms with Crippen molar-refractivity contribution in [2.24, 2.45) is 11.1 Å². The van der Waals surface area contributed by atoms with Crippen LogP contribution in [-0.2, 0) is 0 Å². The molecule has 2 N–H and O–H groups in total. The monoisotopic (exact) mass is 339 g/mol. The SMILES string of the molecule is CCCCCCCCCCCCCCCCCCC(N)C(C)(C)C. The molecule has 0 fully saturated rings. The summed E-state index contributed by atoms with van der Waals surface area (Å²) in [6.07, 6.45) is 24.2. The van der Waals surface area contributed by atoms with Crippen LogP contribution in [0.15, 0.2) is 0 Å². The summed E-state index contributed by atoms with van der Waals surface area (Å²) in [5.41, 5.74) is 6.48. The largest absolute Gasteiger partial charge is 0.327 e. The summed E-state index contributed by atoms with van der Waals surface area (Å²) in [6.45, 7) is 9.06. The van der Waals surface area contributed by atoms with Crippen molar-refractivity contribution in [1.29, 1.82) is 0 Å². The fourth-order valence-corrected chi connectivity index (χ4v) is 3.35. The van der Waals surface area contributed by atoms with Gasteiger partial charge in [0.25, 0.3) is 0 Å². The van der Waals surface area contributed by atoms with Gasteiger partial charge in [0.05, 0.1) is 0 Å². The standard InChI is InChI=1S/C23H49N/c1-5-6-7-8-9-10-11-12-13-14-15-16-17-18-19-20-21-22(24)23(2,3)4/h22H,5-21,24H2,1-4H3. The molecule has 1 unspecified atom stereocenters. The summed E-state index contributed by atoms with van der Waals surface area (Å²) in [5, 5.41) is 0. The molecule has 1 nitrogen and oxygen atoms in total. The third-order valence-electron chi connectivity index (χ3n) is 5.48. The van der Waals surface area contributed by atoms with Crippen molar-refractivity contribution >= 4 is 0 Å². The smallest absolute Gasteiger partial charge is 0.00876 e. The van der Waals surface area contributed by atoms with Crippen molar-refractivity contribution in [1.82, 2.24) is 0 Å². The molecule has 0 amide bonds. The Labute approximate surface area is 154 Å². The van der Waals surface area contributed by atoms with Crippen molar-refractivity contribution in [2.75, 3.05) is 0 Å². The first-order valence-electron chi connectivity index (χ1n) is 11.2. The number of nitrogens with two attached hydrogens (primary N) is 1. The van der Waals surface area contributed by atoms with Gasteiger partial charge in [0.2, 0.25) is 0 Å². The fraction of sp³-hybridized carbons (Fsp3) is 1.00. The van der Waals surface area contributed by atoms with Crippen molar-refractivity contribution < 1.29 is 0 Å². The van der Waals surface area contributed by atoms with E-state index in [1.54, 1.807) is 0 Å². The quantitative estimate of drug-likeness (QED) is 0.267. The zero-order valence-corrected chi connectivity index (χ0v) is 17.7. The van der Waals surface area contributed by atoms with Gasteiger partial charge < -0.3 is 5.73 Å². The minimum atomic E-state index is 0.273. The second kappa shape index (κ2) is 16.4. The molecule has 0 aromatic carbocycles. The molecule has 24 heavy (non-hydrogen) atoms. The zero-order valence-electron chi connectivity index (χ0n) is 17.7. The van der Waals surface area contributed by atoms with Gasteiger partial charge in [-0.25, -0.2) is 0 Å². The summed E-state index contributed by atoms with van der Waals surface area (Å²) in [5.74, 6) is 0. The lowest BCUT2D eigenvalue weighted by atomic mass is 9.84. The maximum absolute atomic E-state index is 6.21. The molecule has 1 heteroatoms. The number of unbranched alkanes of at least 4 members (excludes halogenated alkanes) is 15. The van der Waals surface area contributed by atoms with Crippen LogP contribution in [0.4, 0.5) is 0 Å². The topological polar surface area (TPSA) is 26.0 Å². The minimum absolute atomic E-state index is 0.273. The van der Waals surface area contributed by atoms with Crippen molar-refractivity contribution in [3.05, 3.63) is 0 Å². The lowest BCUT2D eigenvalue weighted by Crippen LogP contribution is -2.34. The molecular weight excluding hydrogens is 290 g/mol. The van der Waals surface area contributed by atoms with E-state index in [-0.39, 0.29) is 5.41 Å². The van der Waals surface area contributed by atoms with Crippen LogP contribution in [0.3, 0.4) is 0 Å². The molecule has 0 saturated carbocycles. The molecule has 0 spiro atoms. The van der Waals surface area contributed by atoms with E-state index in [0.717, 1.165) is 0 Å². The number of hydrogen-bond donors (Lipinski definition) is 1. The van der Waals surface area contributed by atoms with E-state index in [2.05, 4.69) is 27.7 Å². The Balaban J connectivity index is 3.10.